The standard InChI is InChI=1S/C10H7F2NO2/c11-10(12)15-8-4-5-13-9-6(8)2-1-3-7(9)14/h1-5,10,14H. The summed E-state index contributed by atoms with van der Waals surface area (Å²) in [5, 5.41) is 9.78. The van der Waals surface area contributed by atoms with Crippen LogP contribution in [0.2, 0.25) is 0 Å². The first-order valence-corrected chi connectivity index (χ1v) is 4.20. The Bertz CT molecular complexity index is 488. The van der Waals surface area contributed by atoms with Gasteiger partial charge in [0.2, 0.25) is 0 Å². The number of phenolic OH excluding ortho intramolecular Hbond substituents is 1. The van der Waals surface area contributed by atoms with E-state index in [4.69, 9.17) is 0 Å². The molecule has 0 spiro atoms. The summed E-state index contributed by atoms with van der Waals surface area (Å²) in [6.45, 7) is -2.89. The lowest BCUT2D eigenvalue weighted by molar-refractivity contribution is -0.0488. The molecule has 0 aliphatic rings. The summed E-state index contributed by atoms with van der Waals surface area (Å²) in [6, 6.07) is 5.85. The molecular formula is C10H7F2NO2. The van der Waals surface area contributed by atoms with Crippen molar-refractivity contribution >= 4 is 10.9 Å². The highest BCUT2D eigenvalue weighted by Crippen LogP contribution is 2.30. The Morgan fingerprint density at radius 2 is 2.07 bits per heavy atom. The van der Waals surface area contributed by atoms with E-state index in [0.717, 1.165) is 0 Å². The third-order valence-electron chi connectivity index (χ3n) is 1.93. The smallest absolute Gasteiger partial charge is 0.387 e. The van der Waals surface area contributed by atoms with Gasteiger partial charge in [-0.05, 0) is 18.2 Å². The van der Waals surface area contributed by atoms with Gasteiger partial charge in [-0.1, -0.05) is 6.07 Å². The molecule has 0 amide bonds. The van der Waals surface area contributed by atoms with Gasteiger partial charge >= 0.3 is 6.61 Å². The number of ether oxygens (including phenoxy) is 1. The Kier molecular flexibility index (Phi) is 2.37. The van der Waals surface area contributed by atoms with Gasteiger partial charge in [0.05, 0.1) is 0 Å². The number of pyridine rings is 1. The Morgan fingerprint density at radius 3 is 2.80 bits per heavy atom. The lowest BCUT2D eigenvalue weighted by atomic mass is 10.2. The van der Waals surface area contributed by atoms with Crippen LogP contribution in [0.15, 0.2) is 30.5 Å². The molecule has 0 atom stereocenters. The number of fused-ring (bicyclic) bond motifs is 1. The van der Waals surface area contributed by atoms with Crippen LogP contribution in [0.25, 0.3) is 10.9 Å². The van der Waals surface area contributed by atoms with Gasteiger partial charge in [-0.15, -0.1) is 0 Å². The topological polar surface area (TPSA) is 42.4 Å². The quantitative estimate of drug-likeness (QED) is 0.829. The zero-order chi connectivity index (χ0) is 10.8. The predicted molar refractivity (Wildman–Crippen MR) is 50.0 cm³/mol. The molecule has 5 heteroatoms. The first kappa shape index (κ1) is 9.64. The monoisotopic (exact) mass is 211 g/mol. The molecule has 2 aromatic rings. The molecule has 0 fully saturated rings. The Hall–Kier alpha value is -1.91. The third kappa shape index (κ3) is 1.81. The SMILES string of the molecule is Oc1cccc2c(OC(F)F)ccnc12. The molecular weight excluding hydrogens is 204 g/mol. The molecule has 0 bridgehead atoms. The van der Waals surface area contributed by atoms with Crippen LogP contribution in [0.5, 0.6) is 11.5 Å². The van der Waals surface area contributed by atoms with Crippen LogP contribution in [-0.4, -0.2) is 16.7 Å². The van der Waals surface area contributed by atoms with Gasteiger partial charge in [0.1, 0.15) is 17.0 Å². The van der Waals surface area contributed by atoms with Gasteiger partial charge in [-0.3, -0.25) is 4.98 Å². The second-order valence-corrected chi connectivity index (χ2v) is 2.86. The number of aromatic nitrogens is 1. The maximum Gasteiger partial charge on any atom is 0.387 e. The number of rotatable bonds is 2. The molecule has 0 unspecified atom stereocenters. The minimum Gasteiger partial charge on any atom is -0.506 e. The summed E-state index contributed by atoms with van der Waals surface area (Å²) >= 11 is 0. The summed E-state index contributed by atoms with van der Waals surface area (Å²) < 4.78 is 28.4. The van der Waals surface area contributed by atoms with Crippen LogP contribution in [0.1, 0.15) is 0 Å². The van der Waals surface area contributed by atoms with Crippen molar-refractivity contribution in [1.29, 1.82) is 0 Å². The lowest BCUT2D eigenvalue weighted by Gasteiger charge is -2.07. The van der Waals surface area contributed by atoms with Crippen molar-refractivity contribution in [3.05, 3.63) is 30.5 Å². The summed E-state index contributed by atoms with van der Waals surface area (Å²) in [4.78, 5) is 3.87. The molecule has 0 saturated heterocycles. The maximum atomic E-state index is 12.0. The van der Waals surface area contributed by atoms with Gasteiger partial charge in [-0.25, -0.2) is 0 Å². The van der Waals surface area contributed by atoms with E-state index in [0.29, 0.717) is 5.39 Å². The van der Waals surface area contributed by atoms with E-state index in [2.05, 4.69) is 9.72 Å². The van der Waals surface area contributed by atoms with E-state index in [9.17, 15) is 13.9 Å². The molecule has 0 saturated carbocycles. The van der Waals surface area contributed by atoms with E-state index < -0.39 is 6.61 Å². The van der Waals surface area contributed by atoms with Crippen molar-refractivity contribution in [2.24, 2.45) is 0 Å². The van der Waals surface area contributed by atoms with Crippen LogP contribution < -0.4 is 4.74 Å². The molecule has 1 heterocycles. The van der Waals surface area contributed by atoms with E-state index in [-0.39, 0.29) is 17.0 Å². The molecule has 15 heavy (non-hydrogen) atoms. The minimum absolute atomic E-state index is 0.00546. The van der Waals surface area contributed by atoms with Crippen molar-refractivity contribution in [2.75, 3.05) is 0 Å². The second-order valence-electron chi connectivity index (χ2n) is 2.86. The van der Waals surface area contributed by atoms with Crippen LogP contribution in [0, 0.1) is 0 Å². The zero-order valence-electron chi connectivity index (χ0n) is 7.52. The number of nitrogens with zero attached hydrogens (tertiary/aromatic N) is 1. The summed E-state index contributed by atoms with van der Waals surface area (Å²) in [6.07, 6.45) is 1.31. The second kappa shape index (κ2) is 3.68. The number of hydrogen-bond donors (Lipinski definition) is 1. The molecule has 1 N–H and O–H groups in total. The summed E-state index contributed by atoms with van der Waals surface area (Å²) in [7, 11) is 0. The van der Waals surface area contributed by atoms with Crippen molar-refractivity contribution in [2.45, 2.75) is 6.61 Å². The normalized spacial score (nSPS) is 10.9. The number of benzene rings is 1. The van der Waals surface area contributed by atoms with E-state index >= 15 is 0 Å². The molecule has 0 radical (unpaired) electrons. The van der Waals surface area contributed by atoms with Gasteiger partial charge in [0.15, 0.2) is 0 Å². The molecule has 1 aromatic carbocycles. The van der Waals surface area contributed by atoms with E-state index in [1.54, 1.807) is 6.07 Å². The van der Waals surface area contributed by atoms with Gasteiger partial charge in [0, 0.05) is 11.6 Å². The average molecular weight is 211 g/mol. The number of phenols is 1. The highest BCUT2D eigenvalue weighted by molar-refractivity contribution is 5.89. The minimum atomic E-state index is -2.89. The average Bonchev–Trinajstić information content (AvgIpc) is 2.19. The van der Waals surface area contributed by atoms with Crippen molar-refractivity contribution in [3.63, 3.8) is 0 Å². The predicted octanol–water partition coefficient (Wildman–Crippen LogP) is 2.54. The highest BCUT2D eigenvalue weighted by Gasteiger charge is 2.10. The third-order valence-corrected chi connectivity index (χ3v) is 1.93. The molecule has 0 aliphatic carbocycles. The summed E-state index contributed by atoms with van der Waals surface area (Å²) in [5.41, 5.74) is 0.246. The Labute approximate surface area is 83.9 Å². The van der Waals surface area contributed by atoms with Crippen LogP contribution in [0.3, 0.4) is 0 Å². The van der Waals surface area contributed by atoms with E-state index in [1.807, 2.05) is 0 Å². The maximum absolute atomic E-state index is 12.0. The first-order valence-electron chi connectivity index (χ1n) is 4.20. The van der Waals surface area contributed by atoms with Crippen LogP contribution in [0.4, 0.5) is 8.78 Å². The molecule has 78 valence electrons. The first-order chi connectivity index (χ1) is 7.18. The van der Waals surface area contributed by atoms with Gasteiger partial charge in [0.25, 0.3) is 0 Å². The number of hydrogen-bond acceptors (Lipinski definition) is 3. The number of aromatic hydroxyl groups is 1. The van der Waals surface area contributed by atoms with Crippen molar-refractivity contribution < 1.29 is 18.6 Å². The number of para-hydroxylation sites is 1. The molecule has 2 rings (SSSR count). The highest BCUT2D eigenvalue weighted by atomic mass is 19.3. The Balaban J connectivity index is 2.61. The van der Waals surface area contributed by atoms with Crippen LogP contribution >= 0.6 is 0 Å². The molecule has 0 aliphatic heterocycles. The number of alkyl halides is 2. The largest absolute Gasteiger partial charge is 0.506 e. The summed E-state index contributed by atoms with van der Waals surface area (Å²) in [5.74, 6) is -0.0573. The fourth-order valence-corrected chi connectivity index (χ4v) is 1.33. The fourth-order valence-electron chi connectivity index (χ4n) is 1.33. The molecule has 3 nitrogen and oxygen atoms in total. The molecule has 1 aromatic heterocycles. The lowest BCUT2D eigenvalue weighted by Crippen LogP contribution is -2.02. The zero-order valence-corrected chi connectivity index (χ0v) is 7.52. The fraction of sp³-hybridized carbons (Fsp3) is 0.100. The van der Waals surface area contributed by atoms with Gasteiger partial charge < -0.3 is 9.84 Å². The number of halogens is 2. The van der Waals surface area contributed by atoms with Gasteiger partial charge in [-0.2, -0.15) is 8.78 Å². The van der Waals surface area contributed by atoms with Crippen LogP contribution in [-0.2, 0) is 0 Å². The Morgan fingerprint density at radius 1 is 1.27 bits per heavy atom. The van der Waals surface area contributed by atoms with Crippen molar-refractivity contribution in [3.8, 4) is 11.5 Å². The van der Waals surface area contributed by atoms with Crippen molar-refractivity contribution in [1.82, 2.24) is 4.98 Å². The van der Waals surface area contributed by atoms with E-state index in [1.165, 1.54) is 24.4 Å².